The molecule has 0 saturated carbocycles. The maximum absolute atomic E-state index is 12.3. The zero-order valence-corrected chi connectivity index (χ0v) is 11.3. The van der Waals surface area contributed by atoms with Crippen LogP contribution in [0.2, 0.25) is 0 Å². The van der Waals surface area contributed by atoms with Crippen LogP contribution in [0.5, 0.6) is 0 Å². The Labute approximate surface area is 113 Å². The van der Waals surface area contributed by atoms with Gasteiger partial charge in [0, 0.05) is 44.5 Å². The molecule has 4 nitrogen and oxygen atoms in total. The molecule has 0 bridgehead atoms. The summed E-state index contributed by atoms with van der Waals surface area (Å²) < 4.78 is 0. The molecule has 1 saturated heterocycles. The van der Waals surface area contributed by atoms with Crippen molar-refractivity contribution in [1.29, 1.82) is 0 Å². The lowest BCUT2D eigenvalue weighted by Crippen LogP contribution is -2.33. The quantitative estimate of drug-likeness (QED) is 0.761. The van der Waals surface area contributed by atoms with Crippen molar-refractivity contribution in [3.05, 3.63) is 29.3 Å². The summed E-state index contributed by atoms with van der Waals surface area (Å²) in [4.78, 5) is 20.8. The van der Waals surface area contributed by atoms with Crippen molar-refractivity contribution in [3.8, 4) is 0 Å². The summed E-state index contributed by atoms with van der Waals surface area (Å²) in [6.07, 6.45) is 3.46. The number of likely N-dealkylation sites (N-methyl/N-ethyl adjacent to an activating group) is 1. The molecule has 2 aliphatic heterocycles. The molecule has 0 aromatic heterocycles. The largest absolute Gasteiger partial charge is 0.311 e. The molecule has 0 radical (unpaired) electrons. The molecule has 0 aliphatic carbocycles. The van der Waals surface area contributed by atoms with Crippen molar-refractivity contribution in [2.75, 3.05) is 38.1 Å². The number of fused-ring (bicyclic) bond motifs is 1. The van der Waals surface area contributed by atoms with Crippen molar-refractivity contribution >= 4 is 17.8 Å². The number of benzene rings is 1. The third kappa shape index (κ3) is 2.40. The van der Waals surface area contributed by atoms with Gasteiger partial charge >= 0.3 is 0 Å². The van der Waals surface area contributed by atoms with Gasteiger partial charge in [-0.25, -0.2) is 0 Å². The lowest BCUT2D eigenvalue weighted by Gasteiger charge is -2.25. The Morgan fingerprint density at radius 1 is 1.16 bits per heavy atom. The molecule has 0 atom stereocenters. The molecule has 1 amide bonds. The standard InChI is InChI=1S/C15H19N3O/c1-17-8-6-15(19)18(10-9-17)14-4-2-3-12-11-16-7-5-13(12)14/h2-4,11H,5-10H2,1H3. The molecule has 1 aromatic rings. The Bertz CT molecular complexity index is 524. The summed E-state index contributed by atoms with van der Waals surface area (Å²) >= 11 is 0. The van der Waals surface area contributed by atoms with Gasteiger partial charge in [-0.2, -0.15) is 0 Å². The number of hydrogen-bond donors (Lipinski definition) is 0. The predicted octanol–water partition coefficient (Wildman–Crippen LogP) is 1.33. The summed E-state index contributed by atoms with van der Waals surface area (Å²) in [5.41, 5.74) is 3.52. The summed E-state index contributed by atoms with van der Waals surface area (Å²) in [7, 11) is 2.07. The molecule has 19 heavy (non-hydrogen) atoms. The molecule has 0 spiro atoms. The van der Waals surface area contributed by atoms with Crippen LogP contribution in [-0.4, -0.2) is 50.2 Å². The first-order valence-corrected chi connectivity index (χ1v) is 6.86. The zero-order chi connectivity index (χ0) is 13.2. The minimum atomic E-state index is 0.236. The molecule has 4 heteroatoms. The molecule has 1 fully saturated rings. The molecular formula is C15H19N3O. The average Bonchev–Trinajstić information content (AvgIpc) is 2.61. The van der Waals surface area contributed by atoms with Crippen molar-refractivity contribution in [1.82, 2.24) is 4.90 Å². The summed E-state index contributed by atoms with van der Waals surface area (Å²) in [5.74, 6) is 0.236. The van der Waals surface area contributed by atoms with Crippen LogP contribution in [0.15, 0.2) is 23.2 Å². The van der Waals surface area contributed by atoms with Gasteiger partial charge in [0.15, 0.2) is 0 Å². The van der Waals surface area contributed by atoms with Crippen LogP contribution in [-0.2, 0) is 11.2 Å². The first-order valence-electron chi connectivity index (χ1n) is 6.86. The molecule has 0 N–H and O–H groups in total. The molecule has 3 rings (SSSR count). The van der Waals surface area contributed by atoms with Crippen LogP contribution in [0.4, 0.5) is 5.69 Å². The van der Waals surface area contributed by atoms with Crippen molar-refractivity contribution in [2.45, 2.75) is 12.8 Å². The van der Waals surface area contributed by atoms with Gasteiger partial charge in [0.1, 0.15) is 0 Å². The van der Waals surface area contributed by atoms with Gasteiger partial charge in [0.2, 0.25) is 5.91 Å². The first kappa shape index (κ1) is 12.4. The van der Waals surface area contributed by atoms with Gasteiger partial charge in [-0.15, -0.1) is 0 Å². The van der Waals surface area contributed by atoms with E-state index in [1.54, 1.807) is 0 Å². The minimum Gasteiger partial charge on any atom is -0.311 e. The second-order valence-electron chi connectivity index (χ2n) is 5.23. The highest BCUT2D eigenvalue weighted by molar-refractivity contribution is 5.96. The first-order chi connectivity index (χ1) is 9.25. The third-order valence-corrected chi connectivity index (χ3v) is 3.91. The maximum Gasteiger partial charge on any atom is 0.228 e. The Morgan fingerprint density at radius 2 is 2.05 bits per heavy atom. The van der Waals surface area contributed by atoms with Gasteiger partial charge < -0.3 is 9.80 Å². The fraction of sp³-hybridized carbons (Fsp3) is 0.467. The van der Waals surface area contributed by atoms with E-state index < -0.39 is 0 Å². The third-order valence-electron chi connectivity index (χ3n) is 3.91. The van der Waals surface area contributed by atoms with E-state index in [0.29, 0.717) is 6.42 Å². The van der Waals surface area contributed by atoms with Gasteiger partial charge in [0.05, 0.1) is 0 Å². The van der Waals surface area contributed by atoms with E-state index in [2.05, 4.69) is 29.1 Å². The van der Waals surface area contributed by atoms with Gasteiger partial charge in [0.25, 0.3) is 0 Å². The molecule has 1 aromatic carbocycles. The minimum absolute atomic E-state index is 0.236. The van der Waals surface area contributed by atoms with Gasteiger partial charge in [-0.3, -0.25) is 9.79 Å². The molecule has 100 valence electrons. The second kappa shape index (κ2) is 5.13. The van der Waals surface area contributed by atoms with E-state index >= 15 is 0 Å². The lowest BCUT2D eigenvalue weighted by molar-refractivity contribution is -0.118. The molecule has 2 aliphatic rings. The van der Waals surface area contributed by atoms with E-state index in [4.69, 9.17) is 0 Å². The summed E-state index contributed by atoms with van der Waals surface area (Å²) in [6, 6.07) is 6.17. The van der Waals surface area contributed by atoms with Crippen molar-refractivity contribution in [2.24, 2.45) is 4.99 Å². The monoisotopic (exact) mass is 257 g/mol. The van der Waals surface area contributed by atoms with Gasteiger partial charge in [-0.1, -0.05) is 12.1 Å². The SMILES string of the molecule is CN1CCC(=O)N(c2cccc3c2CCN=C3)CC1. The van der Waals surface area contributed by atoms with E-state index in [0.717, 1.165) is 43.9 Å². The van der Waals surface area contributed by atoms with Gasteiger partial charge in [-0.05, 0) is 30.7 Å². The highest BCUT2D eigenvalue weighted by Crippen LogP contribution is 2.27. The fourth-order valence-electron chi connectivity index (χ4n) is 2.76. The Morgan fingerprint density at radius 3 is 2.95 bits per heavy atom. The van der Waals surface area contributed by atoms with Crippen LogP contribution < -0.4 is 4.90 Å². The fourth-order valence-corrected chi connectivity index (χ4v) is 2.76. The average molecular weight is 257 g/mol. The molecular weight excluding hydrogens is 238 g/mol. The number of hydrogen-bond acceptors (Lipinski definition) is 3. The number of rotatable bonds is 1. The number of amides is 1. The van der Waals surface area contributed by atoms with E-state index in [1.807, 2.05) is 17.2 Å². The Kier molecular flexibility index (Phi) is 3.34. The predicted molar refractivity (Wildman–Crippen MR) is 77.1 cm³/mol. The number of anilines is 1. The molecule has 2 heterocycles. The topological polar surface area (TPSA) is 35.9 Å². The normalized spacial score (nSPS) is 20.3. The van der Waals surface area contributed by atoms with Crippen molar-refractivity contribution < 1.29 is 4.79 Å². The smallest absolute Gasteiger partial charge is 0.228 e. The number of carbonyl (C=O) groups is 1. The zero-order valence-electron chi connectivity index (χ0n) is 11.3. The second-order valence-corrected chi connectivity index (χ2v) is 5.23. The van der Waals surface area contributed by atoms with Crippen LogP contribution in [0.25, 0.3) is 0 Å². The van der Waals surface area contributed by atoms with Crippen molar-refractivity contribution in [3.63, 3.8) is 0 Å². The maximum atomic E-state index is 12.3. The molecule has 0 unspecified atom stereocenters. The highest BCUT2D eigenvalue weighted by atomic mass is 16.2. The Hall–Kier alpha value is -1.68. The summed E-state index contributed by atoms with van der Waals surface area (Å²) in [5, 5.41) is 0. The lowest BCUT2D eigenvalue weighted by atomic mass is 10.00. The van der Waals surface area contributed by atoms with E-state index in [9.17, 15) is 4.79 Å². The van der Waals surface area contributed by atoms with Crippen LogP contribution >= 0.6 is 0 Å². The van der Waals surface area contributed by atoms with Crippen LogP contribution in [0, 0.1) is 0 Å². The number of nitrogens with zero attached hydrogens (tertiary/aromatic N) is 3. The van der Waals surface area contributed by atoms with E-state index in [1.165, 1.54) is 5.56 Å². The highest BCUT2D eigenvalue weighted by Gasteiger charge is 2.23. The van der Waals surface area contributed by atoms with Crippen LogP contribution in [0.3, 0.4) is 0 Å². The number of aliphatic imine (C=N–C) groups is 1. The Balaban J connectivity index is 1.97. The van der Waals surface area contributed by atoms with Crippen LogP contribution in [0.1, 0.15) is 17.5 Å². The number of carbonyl (C=O) groups excluding carboxylic acids is 1. The van der Waals surface area contributed by atoms with E-state index in [-0.39, 0.29) is 5.91 Å². The summed E-state index contributed by atoms with van der Waals surface area (Å²) in [6.45, 7) is 3.39.